The molecule has 0 aliphatic rings. The first-order valence-corrected chi connectivity index (χ1v) is 6.46. The topological polar surface area (TPSA) is 75.6 Å². The first-order valence-electron chi connectivity index (χ1n) is 6.08. The third-order valence-corrected chi connectivity index (χ3v) is 2.97. The van der Waals surface area contributed by atoms with Gasteiger partial charge in [0.25, 0.3) is 0 Å². The van der Waals surface area contributed by atoms with Crippen molar-refractivity contribution in [3.63, 3.8) is 0 Å². The SMILES string of the molecule is COC(CNC(=O)/C=C/c1c(F)cccc1Cl)CC(=O)O. The van der Waals surface area contributed by atoms with Crippen LogP contribution in [0, 0.1) is 5.82 Å². The largest absolute Gasteiger partial charge is 0.481 e. The van der Waals surface area contributed by atoms with Gasteiger partial charge in [0.2, 0.25) is 5.91 Å². The highest BCUT2D eigenvalue weighted by Gasteiger charge is 2.12. The van der Waals surface area contributed by atoms with Crippen molar-refractivity contribution in [1.29, 1.82) is 0 Å². The van der Waals surface area contributed by atoms with E-state index in [4.69, 9.17) is 21.4 Å². The van der Waals surface area contributed by atoms with Gasteiger partial charge < -0.3 is 15.2 Å². The maximum absolute atomic E-state index is 13.5. The molecule has 0 aliphatic carbocycles. The van der Waals surface area contributed by atoms with Crippen molar-refractivity contribution in [2.75, 3.05) is 13.7 Å². The lowest BCUT2D eigenvalue weighted by molar-refractivity contribution is -0.140. The molecule has 7 heteroatoms. The molecule has 1 unspecified atom stereocenters. The van der Waals surface area contributed by atoms with Gasteiger partial charge >= 0.3 is 5.97 Å². The van der Waals surface area contributed by atoms with Gasteiger partial charge in [-0.05, 0) is 18.2 Å². The monoisotopic (exact) mass is 315 g/mol. The van der Waals surface area contributed by atoms with Crippen LogP contribution in [0.1, 0.15) is 12.0 Å². The molecule has 5 nitrogen and oxygen atoms in total. The Labute approximate surface area is 126 Å². The average Bonchev–Trinajstić information content (AvgIpc) is 2.42. The van der Waals surface area contributed by atoms with Gasteiger partial charge in [-0.2, -0.15) is 0 Å². The van der Waals surface area contributed by atoms with Crippen molar-refractivity contribution >= 4 is 29.6 Å². The van der Waals surface area contributed by atoms with E-state index < -0.39 is 23.8 Å². The Kier molecular flexibility index (Phi) is 6.84. The van der Waals surface area contributed by atoms with E-state index in [0.29, 0.717) is 0 Å². The van der Waals surface area contributed by atoms with Crippen LogP contribution in [-0.4, -0.2) is 36.7 Å². The van der Waals surface area contributed by atoms with Crippen LogP contribution in [0.25, 0.3) is 6.08 Å². The molecule has 0 bridgehead atoms. The molecule has 1 aromatic rings. The number of aliphatic carboxylic acids is 1. The number of nitrogens with one attached hydrogen (secondary N) is 1. The Hall–Kier alpha value is -1.92. The Morgan fingerprint density at radius 2 is 2.24 bits per heavy atom. The molecule has 0 saturated carbocycles. The Morgan fingerprint density at radius 1 is 1.52 bits per heavy atom. The van der Waals surface area contributed by atoms with Crippen molar-refractivity contribution in [3.8, 4) is 0 Å². The minimum absolute atomic E-state index is 0.0387. The van der Waals surface area contributed by atoms with Gasteiger partial charge in [0.1, 0.15) is 5.82 Å². The predicted octanol–water partition coefficient (Wildman–Crippen LogP) is 2.10. The number of rotatable bonds is 7. The number of halogens is 2. The molecule has 0 heterocycles. The zero-order valence-corrected chi connectivity index (χ0v) is 12.1. The zero-order valence-electron chi connectivity index (χ0n) is 11.3. The van der Waals surface area contributed by atoms with Gasteiger partial charge in [-0.1, -0.05) is 17.7 Å². The molecule has 0 fully saturated rings. The number of carboxylic acid groups (broad SMARTS) is 1. The maximum atomic E-state index is 13.5. The molecule has 0 aliphatic heterocycles. The molecule has 1 amide bonds. The minimum atomic E-state index is -1.02. The molecular formula is C14H15ClFNO4. The van der Waals surface area contributed by atoms with E-state index in [1.54, 1.807) is 0 Å². The lowest BCUT2D eigenvalue weighted by Crippen LogP contribution is -2.33. The Morgan fingerprint density at radius 3 is 2.81 bits per heavy atom. The molecule has 0 radical (unpaired) electrons. The molecule has 1 aromatic carbocycles. The molecule has 0 saturated heterocycles. The van der Waals surface area contributed by atoms with Gasteiger partial charge in [-0.15, -0.1) is 0 Å². The summed E-state index contributed by atoms with van der Waals surface area (Å²) in [4.78, 5) is 22.1. The van der Waals surface area contributed by atoms with Gasteiger partial charge in [0.05, 0.1) is 17.5 Å². The highest BCUT2D eigenvalue weighted by Crippen LogP contribution is 2.20. The molecule has 0 spiro atoms. The fourth-order valence-electron chi connectivity index (χ4n) is 1.54. The fraction of sp³-hybridized carbons (Fsp3) is 0.286. The number of carboxylic acids is 1. The van der Waals surface area contributed by atoms with Crippen LogP contribution in [0.15, 0.2) is 24.3 Å². The Balaban J connectivity index is 2.57. The fourth-order valence-corrected chi connectivity index (χ4v) is 1.76. The van der Waals surface area contributed by atoms with Crippen LogP contribution < -0.4 is 5.32 Å². The van der Waals surface area contributed by atoms with Crippen molar-refractivity contribution in [2.45, 2.75) is 12.5 Å². The highest BCUT2D eigenvalue weighted by molar-refractivity contribution is 6.32. The number of amides is 1. The predicted molar refractivity (Wildman–Crippen MR) is 76.5 cm³/mol. The van der Waals surface area contributed by atoms with Crippen LogP contribution >= 0.6 is 11.6 Å². The third-order valence-electron chi connectivity index (χ3n) is 2.64. The summed E-state index contributed by atoms with van der Waals surface area (Å²) in [5.41, 5.74) is 0.114. The Bertz CT molecular complexity index is 528. The molecule has 2 N–H and O–H groups in total. The summed E-state index contributed by atoms with van der Waals surface area (Å²) in [6, 6.07) is 4.21. The van der Waals surface area contributed by atoms with Gasteiger partial charge in [-0.3, -0.25) is 9.59 Å². The minimum Gasteiger partial charge on any atom is -0.481 e. The highest BCUT2D eigenvalue weighted by atomic mass is 35.5. The van der Waals surface area contributed by atoms with Crippen LogP contribution in [0.4, 0.5) is 4.39 Å². The summed E-state index contributed by atoms with van der Waals surface area (Å²) >= 11 is 5.81. The van der Waals surface area contributed by atoms with Gasteiger partial charge in [0, 0.05) is 25.3 Å². The second-order valence-electron chi connectivity index (χ2n) is 4.17. The molecule has 21 heavy (non-hydrogen) atoms. The summed E-state index contributed by atoms with van der Waals surface area (Å²) in [6.45, 7) is 0.0387. The van der Waals surface area contributed by atoms with E-state index in [0.717, 1.165) is 6.08 Å². The normalized spacial score (nSPS) is 12.3. The van der Waals surface area contributed by atoms with E-state index in [9.17, 15) is 14.0 Å². The first kappa shape index (κ1) is 17.1. The smallest absolute Gasteiger partial charge is 0.306 e. The van der Waals surface area contributed by atoms with Crippen LogP contribution in [0.5, 0.6) is 0 Å². The summed E-state index contributed by atoms with van der Waals surface area (Å²) < 4.78 is 18.4. The van der Waals surface area contributed by atoms with Crippen molar-refractivity contribution in [1.82, 2.24) is 5.32 Å². The van der Waals surface area contributed by atoms with E-state index in [-0.39, 0.29) is 23.6 Å². The van der Waals surface area contributed by atoms with E-state index in [1.165, 1.54) is 31.4 Å². The number of benzene rings is 1. The summed E-state index contributed by atoms with van der Waals surface area (Å²) in [7, 11) is 1.36. The van der Waals surface area contributed by atoms with Crippen LogP contribution in [-0.2, 0) is 14.3 Å². The van der Waals surface area contributed by atoms with Crippen molar-refractivity contribution in [2.24, 2.45) is 0 Å². The molecule has 114 valence electrons. The summed E-state index contributed by atoms with van der Waals surface area (Å²) in [6.07, 6.45) is 1.53. The number of ether oxygens (including phenoxy) is 1. The van der Waals surface area contributed by atoms with Crippen molar-refractivity contribution in [3.05, 3.63) is 40.7 Å². The van der Waals surface area contributed by atoms with Crippen LogP contribution in [0.2, 0.25) is 5.02 Å². The molecule has 0 aromatic heterocycles. The van der Waals surface area contributed by atoms with E-state index >= 15 is 0 Å². The zero-order chi connectivity index (χ0) is 15.8. The number of hydrogen-bond acceptors (Lipinski definition) is 3. The third kappa shape index (κ3) is 5.93. The number of carbonyl (C=O) groups is 2. The lowest BCUT2D eigenvalue weighted by Gasteiger charge is -2.12. The number of methoxy groups -OCH3 is 1. The van der Waals surface area contributed by atoms with E-state index in [1.807, 2.05) is 0 Å². The standard InChI is InChI=1S/C14H15ClFNO4/c1-21-9(7-14(19)20)8-17-13(18)6-5-10-11(15)3-2-4-12(10)16/h2-6,9H,7-8H2,1H3,(H,17,18)(H,19,20)/b6-5+. The quantitative estimate of drug-likeness (QED) is 0.756. The average molecular weight is 316 g/mol. The number of hydrogen-bond donors (Lipinski definition) is 2. The molecule has 1 atom stereocenters. The van der Waals surface area contributed by atoms with Gasteiger partial charge in [0.15, 0.2) is 0 Å². The molecule has 1 rings (SSSR count). The summed E-state index contributed by atoms with van der Waals surface area (Å²) in [5, 5.41) is 11.3. The second-order valence-corrected chi connectivity index (χ2v) is 4.58. The molecular weight excluding hydrogens is 301 g/mol. The second kappa shape index (κ2) is 8.39. The lowest BCUT2D eigenvalue weighted by atomic mass is 10.2. The van der Waals surface area contributed by atoms with Gasteiger partial charge in [-0.25, -0.2) is 4.39 Å². The number of carbonyl (C=O) groups excluding carboxylic acids is 1. The maximum Gasteiger partial charge on any atom is 0.306 e. The van der Waals surface area contributed by atoms with Crippen molar-refractivity contribution < 1.29 is 23.8 Å². The van der Waals surface area contributed by atoms with Crippen LogP contribution in [0.3, 0.4) is 0 Å². The first-order chi connectivity index (χ1) is 9.93. The van der Waals surface area contributed by atoms with E-state index in [2.05, 4.69) is 5.32 Å². The summed E-state index contributed by atoms with van der Waals surface area (Å²) in [5.74, 6) is -2.06.